The highest BCUT2D eigenvalue weighted by Crippen LogP contribution is 2.00. The van der Waals surface area contributed by atoms with Gasteiger partial charge in [0.15, 0.2) is 0 Å². The van der Waals surface area contributed by atoms with Gasteiger partial charge in [0.05, 0.1) is 17.0 Å². The van der Waals surface area contributed by atoms with Gasteiger partial charge < -0.3 is 5.32 Å². The zero-order valence-electron chi connectivity index (χ0n) is 10.1. The summed E-state index contributed by atoms with van der Waals surface area (Å²) in [5.41, 5.74) is 2.77. The first-order valence-electron chi connectivity index (χ1n) is 5.61. The van der Waals surface area contributed by atoms with Crippen LogP contribution < -0.4 is 10.0 Å². The Morgan fingerprint density at radius 3 is 2.88 bits per heavy atom. The molecule has 1 heterocycles. The summed E-state index contributed by atoms with van der Waals surface area (Å²) in [6.45, 7) is 4.87. The number of nitrogens with zero attached hydrogens (tertiary/aromatic N) is 1. The van der Waals surface area contributed by atoms with E-state index in [1.165, 1.54) is 0 Å². The van der Waals surface area contributed by atoms with Crippen molar-refractivity contribution < 1.29 is 8.42 Å². The summed E-state index contributed by atoms with van der Waals surface area (Å²) in [5, 5.41) is 5.19. The number of hydrogen-bond donors (Lipinski definition) is 2. The molecule has 17 heavy (non-hydrogen) atoms. The topological polar surface area (TPSA) is 71.1 Å². The SMILES string of the molecule is CCCS(=O)(=O)NC[C@@H](C)NCc1cscn1. The standard InChI is InChI=1S/C10H19N3O2S2/c1-3-4-17(14,15)13-5-9(2)11-6-10-7-16-8-12-10/h7-9,11,13H,3-6H2,1-2H3/t9-/m1/s1. The van der Waals surface area contributed by atoms with E-state index in [1.54, 1.807) is 16.8 Å². The molecule has 0 aliphatic carbocycles. The van der Waals surface area contributed by atoms with Crippen LogP contribution in [0.25, 0.3) is 0 Å². The molecule has 2 N–H and O–H groups in total. The van der Waals surface area contributed by atoms with Crippen LogP contribution in [0.2, 0.25) is 0 Å². The van der Waals surface area contributed by atoms with Crippen LogP contribution >= 0.6 is 11.3 Å². The number of nitrogens with one attached hydrogen (secondary N) is 2. The molecular formula is C10H19N3O2S2. The van der Waals surface area contributed by atoms with E-state index in [4.69, 9.17) is 0 Å². The fraction of sp³-hybridized carbons (Fsp3) is 0.700. The van der Waals surface area contributed by atoms with E-state index in [0.29, 0.717) is 19.5 Å². The van der Waals surface area contributed by atoms with E-state index in [2.05, 4.69) is 15.0 Å². The van der Waals surface area contributed by atoms with Gasteiger partial charge in [-0.3, -0.25) is 0 Å². The molecule has 0 spiro atoms. The summed E-state index contributed by atoms with van der Waals surface area (Å²) in [5.74, 6) is 0.186. The molecule has 0 unspecified atom stereocenters. The molecule has 0 fully saturated rings. The van der Waals surface area contributed by atoms with Crippen LogP contribution in [0.4, 0.5) is 0 Å². The minimum Gasteiger partial charge on any atom is -0.307 e. The normalized spacial score (nSPS) is 13.8. The van der Waals surface area contributed by atoms with Crippen molar-refractivity contribution in [2.45, 2.75) is 32.9 Å². The van der Waals surface area contributed by atoms with Crippen LogP contribution in [0, 0.1) is 0 Å². The lowest BCUT2D eigenvalue weighted by atomic mass is 10.3. The van der Waals surface area contributed by atoms with Gasteiger partial charge in [0, 0.05) is 24.5 Å². The minimum atomic E-state index is -3.10. The van der Waals surface area contributed by atoms with Crippen LogP contribution in [0.15, 0.2) is 10.9 Å². The Morgan fingerprint density at radius 1 is 1.53 bits per heavy atom. The average molecular weight is 277 g/mol. The highest BCUT2D eigenvalue weighted by atomic mass is 32.2. The summed E-state index contributed by atoms with van der Waals surface area (Å²) in [6.07, 6.45) is 0.635. The summed E-state index contributed by atoms with van der Waals surface area (Å²) in [6, 6.07) is 0.0864. The van der Waals surface area contributed by atoms with Crippen molar-refractivity contribution in [3.63, 3.8) is 0 Å². The summed E-state index contributed by atoms with van der Waals surface area (Å²) < 4.78 is 25.4. The maximum atomic E-state index is 11.4. The molecule has 0 aliphatic rings. The zero-order chi connectivity index (χ0) is 12.7. The summed E-state index contributed by atoms with van der Waals surface area (Å²) in [7, 11) is -3.10. The van der Waals surface area contributed by atoms with Gasteiger partial charge in [-0.05, 0) is 13.3 Å². The molecule has 0 saturated carbocycles. The highest BCUT2D eigenvalue weighted by Gasteiger charge is 2.10. The van der Waals surface area contributed by atoms with Gasteiger partial charge in [0.25, 0.3) is 0 Å². The third-order valence-electron chi connectivity index (χ3n) is 2.20. The van der Waals surface area contributed by atoms with Gasteiger partial charge in [-0.1, -0.05) is 6.92 Å². The average Bonchev–Trinajstić information content (AvgIpc) is 2.76. The van der Waals surface area contributed by atoms with Crippen LogP contribution in [-0.2, 0) is 16.6 Å². The van der Waals surface area contributed by atoms with Crippen molar-refractivity contribution in [2.75, 3.05) is 12.3 Å². The molecule has 1 atom stereocenters. The van der Waals surface area contributed by atoms with Crippen molar-refractivity contribution in [1.29, 1.82) is 0 Å². The van der Waals surface area contributed by atoms with Crippen molar-refractivity contribution >= 4 is 21.4 Å². The van der Waals surface area contributed by atoms with Crippen LogP contribution in [0.3, 0.4) is 0 Å². The van der Waals surface area contributed by atoms with Crippen molar-refractivity contribution in [3.8, 4) is 0 Å². The lowest BCUT2D eigenvalue weighted by Gasteiger charge is -2.13. The second kappa shape index (κ2) is 7.05. The lowest BCUT2D eigenvalue weighted by molar-refractivity contribution is 0.521. The largest absolute Gasteiger partial charge is 0.307 e. The van der Waals surface area contributed by atoms with Crippen molar-refractivity contribution in [2.24, 2.45) is 0 Å². The molecule has 1 rings (SSSR count). The number of sulfonamides is 1. The molecule has 1 aromatic rings. The Hall–Kier alpha value is -0.500. The van der Waals surface area contributed by atoms with Gasteiger partial charge in [-0.15, -0.1) is 11.3 Å². The predicted molar refractivity (Wildman–Crippen MR) is 70.5 cm³/mol. The molecule has 0 radical (unpaired) electrons. The quantitative estimate of drug-likeness (QED) is 0.742. The third-order valence-corrected chi connectivity index (χ3v) is 4.38. The van der Waals surface area contributed by atoms with Gasteiger partial charge in [-0.25, -0.2) is 18.1 Å². The van der Waals surface area contributed by atoms with Crippen LogP contribution in [-0.4, -0.2) is 31.7 Å². The van der Waals surface area contributed by atoms with E-state index < -0.39 is 10.0 Å². The molecule has 5 nitrogen and oxygen atoms in total. The molecule has 0 bridgehead atoms. The Balaban J connectivity index is 2.23. The van der Waals surface area contributed by atoms with E-state index in [9.17, 15) is 8.42 Å². The van der Waals surface area contributed by atoms with Crippen molar-refractivity contribution in [1.82, 2.24) is 15.0 Å². The molecule has 0 saturated heterocycles. The Morgan fingerprint density at radius 2 is 2.29 bits per heavy atom. The van der Waals surface area contributed by atoms with E-state index in [-0.39, 0.29) is 11.8 Å². The highest BCUT2D eigenvalue weighted by molar-refractivity contribution is 7.89. The maximum Gasteiger partial charge on any atom is 0.211 e. The number of aromatic nitrogens is 1. The lowest BCUT2D eigenvalue weighted by Crippen LogP contribution is -2.39. The van der Waals surface area contributed by atoms with Gasteiger partial charge in [-0.2, -0.15) is 0 Å². The zero-order valence-corrected chi connectivity index (χ0v) is 11.8. The fourth-order valence-corrected chi connectivity index (χ4v) is 3.01. The number of rotatable bonds is 8. The second-order valence-electron chi connectivity index (χ2n) is 3.93. The Kier molecular flexibility index (Phi) is 6.04. The minimum absolute atomic E-state index is 0.0864. The van der Waals surface area contributed by atoms with E-state index in [1.807, 2.05) is 19.2 Å². The van der Waals surface area contributed by atoms with E-state index in [0.717, 1.165) is 5.69 Å². The summed E-state index contributed by atoms with van der Waals surface area (Å²) >= 11 is 1.55. The van der Waals surface area contributed by atoms with Gasteiger partial charge in [0.1, 0.15) is 0 Å². The fourth-order valence-electron chi connectivity index (χ4n) is 1.27. The first kappa shape index (κ1) is 14.6. The summed E-state index contributed by atoms with van der Waals surface area (Å²) in [4.78, 5) is 4.14. The molecule has 1 aromatic heterocycles. The van der Waals surface area contributed by atoms with Crippen LogP contribution in [0.5, 0.6) is 0 Å². The van der Waals surface area contributed by atoms with Crippen molar-refractivity contribution in [3.05, 3.63) is 16.6 Å². The smallest absolute Gasteiger partial charge is 0.211 e. The number of thiazole rings is 1. The van der Waals surface area contributed by atoms with Gasteiger partial charge in [0.2, 0.25) is 10.0 Å². The molecule has 0 aromatic carbocycles. The maximum absolute atomic E-state index is 11.4. The van der Waals surface area contributed by atoms with Gasteiger partial charge >= 0.3 is 0 Å². The van der Waals surface area contributed by atoms with E-state index >= 15 is 0 Å². The molecule has 0 aliphatic heterocycles. The Bertz CT molecular complexity index is 403. The predicted octanol–water partition coefficient (Wildman–Crippen LogP) is 0.951. The molecule has 0 amide bonds. The van der Waals surface area contributed by atoms with Crippen LogP contribution in [0.1, 0.15) is 26.0 Å². The first-order chi connectivity index (χ1) is 8.03. The molecular weight excluding hydrogens is 258 g/mol. The number of hydrogen-bond acceptors (Lipinski definition) is 5. The monoisotopic (exact) mass is 277 g/mol. The Labute approximate surface area is 107 Å². The first-order valence-corrected chi connectivity index (χ1v) is 8.21. The third kappa shape index (κ3) is 6.11. The molecule has 7 heteroatoms. The molecule has 98 valence electrons. The second-order valence-corrected chi connectivity index (χ2v) is 6.57.